The molecular weight excluding hydrogens is 206 g/mol. The maximum absolute atomic E-state index is 5.40. The predicted octanol–water partition coefficient (Wildman–Crippen LogP) is 0.526. The topological polar surface area (TPSA) is 88.5 Å². The Morgan fingerprint density at radius 2 is 2.38 bits per heavy atom. The van der Waals surface area contributed by atoms with Crippen LogP contribution >= 0.6 is 0 Å². The molecule has 1 aromatic rings. The molecule has 1 heterocycles. The third-order valence-electron chi connectivity index (χ3n) is 2.72. The van der Waals surface area contributed by atoms with Crippen molar-refractivity contribution in [2.75, 3.05) is 0 Å². The van der Waals surface area contributed by atoms with E-state index in [-0.39, 0.29) is 0 Å². The van der Waals surface area contributed by atoms with E-state index in [1.165, 1.54) is 31.9 Å². The van der Waals surface area contributed by atoms with E-state index in [1.54, 1.807) is 6.07 Å². The van der Waals surface area contributed by atoms with Crippen LogP contribution in [0.5, 0.6) is 0 Å². The Morgan fingerprint density at radius 1 is 1.56 bits per heavy atom. The van der Waals surface area contributed by atoms with Crippen LogP contribution in [0.25, 0.3) is 0 Å². The molecule has 0 amide bonds. The number of aliphatic imine (C=N–C) groups is 1. The molecule has 1 aliphatic rings. The molecule has 88 valence electrons. The van der Waals surface area contributed by atoms with Gasteiger partial charge in [0, 0.05) is 12.1 Å². The maximum atomic E-state index is 5.40. The fraction of sp³-hybridized carbons (Fsp3) is 0.600. The lowest BCUT2D eigenvalue weighted by Crippen LogP contribution is -2.45. The van der Waals surface area contributed by atoms with Gasteiger partial charge in [0.05, 0.1) is 6.54 Å². The molecule has 16 heavy (non-hydrogen) atoms. The number of rotatable bonds is 3. The van der Waals surface area contributed by atoms with Crippen molar-refractivity contribution >= 4 is 5.96 Å². The van der Waals surface area contributed by atoms with Crippen LogP contribution in [0.4, 0.5) is 0 Å². The van der Waals surface area contributed by atoms with Gasteiger partial charge in [0.1, 0.15) is 12.0 Å². The minimum absolute atomic E-state index is 0.468. The highest BCUT2D eigenvalue weighted by atomic mass is 16.5. The number of nitrogens with two attached hydrogens (primary N) is 1. The van der Waals surface area contributed by atoms with Gasteiger partial charge in [0.25, 0.3) is 0 Å². The number of nitrogens with zero attached hydrogens (tertiary/aromatic N) is 2. The standard InChI is InChI=1S/C10H17N5O/c11-14-10(13-8-3-1-2-4-8)12-7-9-5-6-16-15-9/h5-6,8H,1-4,7,11H2,(H2,12,13,14). The van der Waals surface area contributed by atoms with E-state index < -0.39 is 0 Å². The molecule has 0 spiro atoms. The average molecular weight is 223 g/mol. The first-order valence-electron chi connectivity index (χ1n) is 5.55. The monoisotopic (exact) mass is 223 g/mol. The van der Waals surface area contributed by atoms with Gasteiger partial charge in [-0.1, -0.05) is 18.0 Å². The first-order valence-corrected chi connectivity index (χ1v) is 5.55. The number of guanidine groups is 1. The van der Waals surface area contributed by atoms with Gasteiger partial charge in [-0.05, 0) is 12.8 Å². The third kappa shape index (κ3) is 2.96. The van der Waals surface area contributed by atoms with Crippen LogP contribution in [-0.2, 0) is 6.54 Å². The average Bonchev–Trinajstić information content (AvgIpc) is 2.97. The van der Waals surface area contributed by atoms with Crippen LogP contribution < -0.4 is 16.6 Å². The van der Waals surface area contributed by atoms with Gasteiger partial charge in [-0.3, -0.25) is 5.43 Å². The lowest BCUT2D eigenvalue weighted by atomic mass is 10.2. The van der Waals surface area contributed by atoms with Gasteiger partial charge >= 0.3 is 0 Å². The second-order valence-corrected chi connectivity index (χ2v) is 3.93. The zero-order valence-corrected chi connectivity index (χ0v) is 9.15. The third-order valence-corrected chi connectivity index (χ3v) is 2.72. The number of hydrazine groups is 1. The summed E-state index contributed by atoms with van der Waals surface area (Å²) in [5.41, 5.74) is 3.36. The molecule has 1 aromatic heterocycles. The minimum Gasteiger partial charge on any atom is -0.364 e. The Morgan fingerprint density at radius 3 is 3.00 bits per heavy atom. The summed E-state index contributed by atoms with van der Waals surface area (Å²) in [5.74, 6) is 6.02. The Kier molecular flexibility index (Phi) is 3.76. The van der Waals surface area contributed by atoms with Crippen LogP contribution in [-0.4, -0.2) is 17.2 Å². The lowest BCUT2D eigenvalue weighted by molar-refractivity contribution is 0.412. The van der Waals surface area contributed by atoms with Crippen LogP contribution in [0.1, 0.15) is 31.4 Å². The van der Waals surface area contributed by atoms with Gasteiger partial charge in [0.15, 0.2) is 0 Å². The van der Waals surface area contributed by atoms with Gasteiger partial charge < -0.3 is 9.84 Å². The molecule has 6 nitrogen and oxygen atoms in total. The van der Waals surface area contributed by atoms with E-state index in [4.69, 9.17) is 10.4 Å². The van der Waals surface area contributed by atoms with Crippen molar-refractivity contribution in [2.45, 2.75) is 38.3 Å². The molecule has 4 N–H and O–H groups in total. The van der Waals surface area contributed by atoms with Gasteiger partial charge in [0.2, 0.25) is 5.96 Å². The van der Waals surface area contributed by atoms with Crippen molar-refractivity contribution in [2.24, 2.45) is 10.8 Å². The van der Waals surface area contributed by atoms with Gasteiger partial charge in [-0.15, -0.1) is 0 Å². The van der Waals surface area contributed by atoms with Crippen molar-refractivity contribution in [3.05, 3.63) is 18.0 Å². The molecule has 0 unspecified atom stereocenters. The summed E-state index contributed by atoms with van der Waals surface area (Å²) >= 11 is 0. The van der Waals surface area contributed by atoms with Crippen LogP contribution in [0.15, 0.2) is 21.8 Å². The van der Waals surface area contributed by atoms with Crippen molar-refractivity contribution in [1.82, 2.24) is 15.9 Å². The molecule has 1 aliphatic carbocycles. The molecule has 0 bridgehead atoms. The quantitative estimate of drug-likeness (QED) is 0.301. The molecule has 6 heteroatoms. The van der Waals surface area contributed by atoms with E-state index in [0.717, 1.165) is 5.69 Å². The molecule has 2 rings (SSSR count). The Balaban J connectivity index is 1.85. The minimum atomic E-state index is 0.468. The zero-order valence-electron chi connectivity index (χ0n) is 9.15. The largest absolute Gasteiger partial charge is 0.364 e. The first-order chi connectivity index (χ1) is 7.88. The normalized spacial score (nSPS) is 17.7. The van der Waals surface area contributed by atoms with Crippen molar-refractivity contribution < 1.29 is 4.52 Å². The van der Waals surface area contributed by atoms with Crippen molar-refractivity contribution in [3.63, 3.8) is 0 Å². The van der Waals surface area contributed by atoms with E-state index in [1.807, 2.05) is 0 Å². The van der Waals surface area contributed by atoms with Crippen LogP contribution in [0.3, 0.4) is 0 Å². The van der Waals surface area contributed by atoms with Gasteiger partial charge in [-0.2, -0.15) is 0 Å². The summed E-state index contributed by atoms with van der Waals surface area (Å²) in [4.78, 5) is 4.30. The smallest absolute Gasteiger partial charge is 0.206 e. The van der Waals surface area contributed by atoms with Crippen molar-refractivity contribution in [3.8, 4) is 0 Å². The summed E-state index contributed by atoms with van der Waals surface area (Å²) in [6, 6.07) is 2.28. The second kappa shape index (κ2) is 5.50. The van der Waals surface area contributed by atoms with E-state index in [9.17, 15) is 0 Å². The molecule has 0 aliphatic heterocycles. The second-order valence-electron chi connectivity index (χ2n) is 3.93. The molecule has 0 atom stereocenters. The fourth-order valence-corrected chi connectivity index (χ4v) is 1.88. The number of nitrogens with one attached hydrogen (secondary N) is 2. The summed E-state index contributed by atoms with van der Waals surface area (Å²) < 4.78 is 4.72. The predicted molar refractivity (Wildman–Crippen MR) is 60.4 cm³/mol. The molecule has 1 saturated carbocycles. The fourth-order valence-electron chi connectivity index (χ4n) is 1.88. The number of hydrogen-bond acceptors (Lipinski definition) is 4. The van der Waals surface area contributed by atoms with Gasteiger partial charge in [-0.25, -0.2) is 10.8 Å². The summed E-state index contributed by atoms with van der Waals surface area (Å²) in [7, 11) is 0. The number of hydrogen-bond donors (Lipinski definition) is 3. The lowest BCUT2D eigenvalue weighted by Gasteiger charge is -2.14. The van der Waals surface area contributed by atoms with Crippen LogP contribution in [0.2, 0.25) is 0 Å². The number of aromatic nitrogens is 1. The summed E-state index contributed by atoms with van der Waals surface area (Å²) in [5, 5.41) is 7.06. The molecule has 0 saturated heterocycles. The van der Waals surface area contributed by atoms with E-state index in [0.29, 0.717) is 18.5 Å². The first kappa shape index (κ1) is 10.9. The Bertz CT molecular complexity index is 329. The van der Waals surface area contributed by atoms with Crippen molar-refractivity contribution in [1.29, 1.82) is 0 Å². The highest BCUT2D eigenvalue weighted by molar-refractivity contribution is 5.79. The SMILES string of the molecule is NNC(=NCc1ccon1)NC1CCCC1. The molecule has 1 fully saturated rings. The highest BCUT2D eigenvalue weighted by Crippen LogP contribution is 2.17. The Labute approximate surface area is 94.3 Å². The van der Waals surface area contributed by atoms with E-state index in [2.05, 4.69) is 20.9 Å². The molecule has 0 aromatic carbocycles. The maximum Gasteiger partial charge on any atom is 0.206 e. The Hall–Kier alpha value is -1.56. The van der Waals surface area contributed by atoms with E-state index >= 15 is 0 Å². The summed E-state index contributed by atoms with van der Waals surface area (Å²) in [6.45, 7) is 0.468. The summed E-state index contributed by atoms with van der Waals surface area (Å²) in [6.07, 6.45) is 6.46. The highest BCUT2D eigenvalue weighted by Gasteiger charge is 2.15. The van der Waals surface area contributed by atoms with Crippen LogP contribution in [0, 0.1) is 0 Å². The zero-order chi connectivity index (χ0) is 11.2. The molecular formula is C10H17N5O. The molecule has 0 radical (unpaired) electrons.